The lowest BCUT2D eigenvalue weighted by molar-refractivity contribution is 0.0109. The molecule has 0 bridgehead atoms. The lowest BCUT2D eigenvalue weighted by atomic mass is 10.0. The first-order valence-electron chi connectivity index (χ1n) is 9.51. The maximum atomic E-state index is 12.5. The zero-order valence-electron chi connectivity index (χ0n) is 16.1. The lowest BCUT2D eigenvalue weighted by Crippen LogP contribution is -2.48. The molecule has 0 spiro atoms. The molecule has 7 nitrogen and oxygen atoms in total. The number of nitrogens with one attached hydrogen (secondary N) is 1. The Bertz CT molecular complexity index is 475. The molecule has 0 aliphatic carbocycles. The number of likely N-dealkylation sites (tertiary alicyclic amines) is 2. The van der Waals surface area contributed by atoms with Gasteiger partial charge in [-0.05, 0) is 53.4 Å². The van der Waals surface area contributed by atoms with Gasteiger partial charge in [-0.25, -0.2) is 4.79 Å². The second-order valence-electron chi connectivity index (χ2n) is 7.91. The number of aliphatic imine (C=N–C) groups is 1. The predicted molar refractivity (Wildman–Crippen MR) is 98.8 cm³/mol. The number of carbonyl (C=O) groups excluding carboxylic acids is 1. The highest BCUT2D eigenvalue weighted by Gasteiger charge is 2.31. The zero-order chi connectivity index (χ0) is 18.4. The standard InChI is InChI=1S/C18H34N4O3/c1-5-19-16(21-11-9-15(23)13-21)20-12-14-8-6-7-10-22(14)17(24)25-18(2,3)4/h14-15,23H,5-13H2,1-4H3,(H,19,20)/t14?,15-/m1/s1. The highest BCUT2D eigenvalue weighted by molar-refractivity contribution is 5.80. The van der Waals surface area contributed by atoms with E-state index in [0.717, 1.165) is 51.3 Å². The summed E-state index contributed by atoms with van der Waals surface area (Å²) in [6, 6.07) is 0.0739. The van der Waals surface area contributed by atoms with Crippen LogP contribution >= 0.6 is 0 Å². The van der Waals surface area contributed by atoms with Gasteiger partial charge in [0.05, 0.1) is 18.7 Å². The van der Waals surface area contributed by atoms with Crippen molar-refractivity contribution in [1.82, 2.24) is 15.1 Å². The summed E-state index contributed by atoms with van der Waals surface area (Å²) >= 11 is 0. The number of aliphatic hydroxyl groups is 1. The highest BCUT2D eigenvalue weighted by Crippen LogP contribution is 2.21. The summed E-state index contributed by atoms with van der Waals surface area (Å²) in [5.41, 5.74) is -0.483. The first-order chi connectivity index (χ1) is 11.8. The van der Waals surface area contributed by atoms with Crippen molar-refractivity contribution >= 4 is 12.1 Å². The molecule has 2 atom stereocenters. The van der Waals surface area contributed by atoms with Crippen LogP contribution in [0.2, 0.25) is 0 Å². The smallest absolute Gasteiger partial charge is 0.410 e. The van der Waals surface area contributed by atoms with Crippen LogP contribution in [0.4, 0.5) is 4.79 Å². The molecule has 7 heteroatoms. The van der Waals surface area contributed by atoms with E-state index in [2.05, 4.69) is 10.2 Å². The van der Waals surface area contributed by atoms with E-state index in [9.17, 15) is 9.90 Å². The van der Waals surface area contributed by atoms with Gasteiger partial charge in [-0.3, -0.25) is 4.99 Å². The Balaban J connectivity index is 2.02. The van der Waals surface area contributed by atoms with Gasteiger partial charge >= 0.3 is 6.09 Å². The predicted octanol–water partition coefficient (Wildman–Crippen LogP) is 1.81. The van der Waals surface area contributed by atoms with Crippen LogP contribution in [0.3, 0.4) is 0 Å². The van der Waals surface area contributed by atoms with Crippen LogP contribution < -0.4 is 5.32 Å². The highest BCUT2D eigenvalue weighted by atomic mass is 16.6. The number of piperidine rings is 1. The fourth-order valence-corrected chi connectivity index (χ4v) is 3.30. The Labute approximate surface area is 151 Å². The molecule has 25 heavy (non-hydrogen) atoms. The van der Waals surface area contributed by atoms with Gasteiger partial charge in [0.25, 0.3) is 0 Å². The summed E-state index contributed by atoms with van der Waals surface area (Å²) in [5.74, 6) is 0.828. The molecule has 0 aromatic rings. The molecule has 1 unspecified atom stereocenters. The van der Waals surface area contributed by atoms with E-state index >= 15 is 0 Å². The topological polar surface area (TPSA) is 77.4 Å². The number of hydrogen-bond donors (Lipinski definition) is 2. The van der Waals surface area contributed by atoms with E-state index in [-0.39, 0.29) is 18.2 Å². The Morgan fingerprint density at radius 3 is 2.64 bits per heavy atom. The van der Waals surface area contributed by atoms with Gasteiger partial charge in [-0.15, -0.1) is 0 Å². The quantitative estimate of drug-likeness (QED) is 0.597. The molecule has 2 rings (SSSR count). The molecular weight excluding hydrogens is 320 g/mol. The molecule has 0 aromatic heterocycles. The van der Waals surface area contributed by atoms with Gasteiger partial charge in [-0.2, -0.15) is 0 Å². The third-order valence-electron chi connectivity index (χ3n) is 4.50. The molecule has 1 amide bonds. The molecule has 144 valence electrons. The van der Waals surface area contributed by atoms with Crippen LogP contribution in [0.5, 0.6) is 0 Å². The Morgan fingerprint density at radius 2 is 2.04 bits per heavy atom. The number of amides is 1. The summed E-state index contributed by atoms with van der Waals surface area (Å²) in [5, 5.41) is 13.1. The average Bonchev–Trinajstić information content (AvgIpc) is 2.96. The van der Waals surface area contributed by atoms with Crippen molar-refractivity contribution in [2.45, 2.75) is 71.1 Å². The number of aliphatic hydroxyl groups excluding tert-OH is 1. The number of carbonyl (C=O) groups is 1. The molecule has 2 heterocycles. The SMILES string of the molecule is CCNC(=NCC1CCCCN1C(=O)OC(C)(C)C)N1CC[C@@H](O)C1. The largest absolute Gasteiger partial charge is 0.444 e. The second kappa shape index (κ2) is 8.74. The minimum absolute atomic E-state index is 0.0739. The monoisotopic (exact) mass is 354 g/mol. The normalized spacial score (nSPS) is 25.2. The fourth-order valence-electron chi connectivity index (χ4n) is 3.30. The molecular formula is C18H34N4O3. The summed E-state index contributed by atoms with van der Waals surface area (Å²) < 4.78 is 5.56. The van der Waals surface area contributed by atoms with E-state index in [1.165, 1.54) is 0 Å². The maximum absolute atomic E-state index is 12.5. The third kappa shape index (κ3) is 6.06. The number of β-amino-alcohol motifs (C(OH)–C–C–N with tert-alkyl or cyclic N) is 1. The minimum Gasteiger partial charge on any atom is -0.444 e. The van der Waals surface area contributed by atoms with Crippen molar-refractivity contribution in [2.75, 3.05) is 32.7 Å². The number of rotatable bonds is 3. The van der Waals surface area contributed by atoms with Crippen molar-refractivity contribution in [3.05, 3.63) is 0 Å². The van der Waals surface area contributed by atoms with Gasteiger partial charge in [0, 0.05) is 26.2 Å². The van der Waals surface area contributed by atoms with Crippen LogP contribution in [0.1, 0.15) is 53.4 Å². The first kappa shape index (κ1) is 19.8. The van der Waals surface area contributed by atoms with Crippen LogP contribution in [0.25, 0.3) is 0 Å². The van der Waals surface area contributed by atoms with Gasteiger partial charge < -0.3 is 25.0 Å². The van der Waals surface area contributed by atoms with Crippen LogP contribution in [-0.4, -0.2) is 77.4 Å². The number of guanidine groups is 1. The van der Waals surface area contributed by atoms with E-state index < -0.39 is 5.60 Å². The maximum Gasteiger partial charge on any atom is 0.410 e. The molecule has 2 aliphatic heterocycles. The molecule has 2 fully saturated rings. The van der Waals surface area contributed by atoms with Gasteiger partial charge in [0.1, 0.15) is 5.60 Å². The van der Waals surface area contributed by atoms with E-state index in [4.69, 9.17) is 9.73 Å². The summed E-state index contributed by atoms with van der Waals surface area (Å²) in [7, 11) is 0. The fraction of sp³-hybridized carbons (Fsp3) is 0.889. The van der Waals surface area contributed by atoms with E-state index in [1.54, 1.807) is 0 Å². The van der Waals surface area contributed by atoms with Crippen LogP contribution in [0.15, 0.2) is 4.99 Å². The van der Waals surface area contributed by atoms with Crippen molar-refractivity contribution in [3.8, 4) is 0 Å². The van der Waals surface area contributed by atoms with Crippen molar-refractivity contribution < 1.29 is 14.6 Å². The molecule has 2 N–H and O–H groups in total. The molecule has 0 saturated carbocycles. The van der Waals surface area contributed by atoms with Crippen LogP contribution in [-0.2, 0) is 4.74 Å². The van der Waals surface area contributed by atoms with Crippen molar-refractivity contribution in [3.63, 3.8) is 0 Å². The number of nitrogens with zero attached hydrogens (tertiary/aromatic N) is 3. The Kier molecular flexibility index (Phi) is 6.93. The molecule has 0 radical (unpaired) electrons. The summed E-state index contributed by atoms with van der Waals surface area (Å²) in [4.78, 5) is 21.2. The van der Waals surface area contributed by atoms with Gasteiger partial charge in [0.15, 0.2) is 5.96 Å². The van der Waals surface area contributed by atoms with Crippen LogP contribution in [0, 0.1) is 0 Å². The lowest BCUT2D eigenvalue weighted by Gasteiger charge is -2.36. The molecule has 0 aromatic carbocycles. The first-order valence-corrected chi connectivity index (χ1v) is 9.51. The van der Waals surface area contributed by atoms with Crippen molar-refractivity contribution in [1.29, 1.82) is 0 Å². The Hall–Kier alpha value is -1.50. The zero-order valence-corrected chi connectivity index (χ0v) is 16.1. The van der Waals surface area contributed by atoms with E-state index in [0.29, 0.717) is 13.1 Å². The average molecular weight is 354 g/mol. The summed E-state index contributed by atoms with van der Waals surface area (Å²) in [6.07, 6.45) is 3.32. The van der Waals surface area contributed by atoms with E-state index in [1.807, 2.05) is 32.6 Å². The Morgan fingerprint density at radius 1 is 1.28 bits per heavy atom. The molecule has 2 saturated heterocycles. The summed E-state index contributed by atoms with van der Waals surface area (Å²) in [6.45, 7) is 11.2. The minimum atomic E-state index is -0.483. The van der Waals surface area contributed by atoms with Gasteiger partial charge in [0.2, 0.25) is 0 Å². The third-order valence-corrected chi connectivity index (χ3v) is 4.50. The second-order valence-corrected chi connectivity index (χ2v) is 7.91. The number of hydrogen-bond acceptors (Lipinski definition) is 4. The van der Waals surface area contributed by atoms with Gasteiger partial charge in [-0.1, -0.05) is 0 Å². The number of ether oxygens (including phenoxy) is 1. The van der Waals surface area contributed by atoms with Crippen molar-refractivity contribution in [2.24, 2.45) is 4.99 Å². The molecule has 2 aliphatic rings.